The Hall–Kier alpha value is -1.20. The van der Waals surface area contributed by atoms with E-state index in [0.717, 1.165) is 19.0 Å². The minimum absolute atomic E-state index is 0. The Balaban J connectivity index is 0.00000200. The van der Waals surface area contributed by atoms with Gasteiger partial charge in [-0.15, -0.1) is 12.4 Å². The van der Waals surface area contributed by atoms with Crippen LogP contribution in [0.3, 0.4) is 0 Å². The van der Waals surface area contributed by atoms with E-state index in [1.165, 1.54) is 12.1 Å². The molecule has 112 valence electrons. The Morgan fingerprint density at radius 3 is 2.75 bits per heavy atom. The number of amides is 1. The highest BCUT2D eigenvalue weighted by Crippen LogP contribution is 2.48. The molecule has 0 bridgehead atoms. The van der Waals surface area contributed by atoms with Gasteiger partial charge < -0.3 is 10.6 Å². The summed E-state index contributed by atoms with van der Waals surface area (Å²) in [7, 11) is 1.86. The normalized spacial score (nSPS) is 20.1. The minimum Gasteiger partial charge on any atom is -0.356 e. The molecule has 1 amide bonds. The molecular formula is C14H19ClF2N2O. The van der Waals surface area contributed by atoms with Crippen molar-refractivity contribution >= 4 is 18.3 Å². The minimum atomic E-state index is -0.588. The first-order valence-electron chi connectivity index (χ1n) is 6.50. The Morgan fingerprint density at radius 1 is 1.35 bits per heavy atom. The van der Waals surface area contributed by atoms with Gasteiger partial charge in [0, 0.05) is 18.5 Å². The van der Waals surface area contributed by atoms with Gasteiger partial charge in [0.15, 0.2) is 0 Å². The van der Waals surface area contributed by atoms with Crippen LogP contribution in [0.25, 0.3) is 0 Å². The zero-order valence-electron chi connectivity index (χ0n) is 11.3. The molecule has 1 saturated carbocycles. The molecule has 0 heterocycles. The fourth-order valence-electron chi connectivity index (χ4n) is 2.24. The summed E-state index contributed by atoms with van der Waals surface area (Å²) in [6, 6.07) is 3.54. The first kappa shape index (κ1) is 16.9. The van der Waals surface area contributed by atoms with Crippen molar-refractivity contribution in [2.45, 2.75) is 18.8 Å². The number of halogens is 3. The summed E-state index contributed by atoms with van der Waals surface area (Å²) in [5.41, 5.74) is 0.441. The SMILES string of the molecule is CNCCCNC(=O)C1CC1c1ccc(F)cc1F.Cl. The van der Waals surface area contributed by atoms with Gasteiger partial charge in [0.05, 0.1) is 0 Å². The van der Waals surface area contributed by atoms with Gasteiger partial charge in [-0.2, -0.15) is 0 Å². The summed E-state index contributed by atoms with van der Waals surface area (Å²) < 4.78 is 26.4. The van der Waals surface area contributed by atoms with E-state index in [0.29, 0.717) is 18.5 Å². The standard InChI is InChI=1S/C14H18F2N2O.ClH/c1-17-5-2-6-18-14(19)12-8-11(12)10-4-3-9(15)7-13(10)16;/h3-4,7,11-12,17H,2,5-6,8H2,1H3,(H,18,19);1H. The lowest BCUT2D eigenvalue weighted by Crippen LogP contribution is -2.28. The molecule has 2 N–H and O–H groups in total. The number of rotatable bonds is 6. The third-order valence-corrected chi connectivity index (χ3v) is 3.39. The van der Waals surface area contributed by atoms with Crippen LogP contribution in [0.4, 0.5) is 8.78 Å². The zero-order chi connectivity index (χ0) is 13.8. The van der Waals surface area contributed by atoms with Crippen molar-refractivity contribution in [3.8, 4) is 0 Å². The molecule has 1 aliphatic rings. The number of hydrogen-bond acceptors (Lipinski definition) is 2. The Labute approximate surface area is 123 Å². The molecule has 2 atom stereocenters. The summed E-state index contributed by atoms with van der Waals surface area (Å²) in [5, 5.41) is 5.83. The predicted molar refractivity (Wildman–Crippen MR) is 76.0 cm³/mol. The molecule has 2 unspecified atom stereocenters. The molecule has 3 nitrogen and oxygen atoms in total. The smallest absolute Gasteiger partial charge is 0.223 e. The lowest BCUT2D eigenvalue weighted by atomic mass is 10.1. The largest absolute Gasteiger partial charge is 0.356 e. The molecular weight excluding hydrogens is 286 g/mol. The lowest BCUT2D eigenvalue weighted by molar-refractivity contribution is -0.122. The van der Waals surface area contributed by atoms with Crippen molar-refractivity contribution in [1.82, 2.24) is 10.6 Å². The fourth-order valence-corrected chi connectivity index (χ4v) is 2.24. The average molecular weight is 305 g/mol. The summed E-state index contributed by atoms with van der Waals surface area (Å²) in [4.78, 5) is 11.8. The van der Waals surface area contributed by atoms with E-state index in [-0.39, 0.29) is 30.2 Å². The second-order valence-corrected chi connectivity index (χ2v) is 4.86. The van der Waals surface area contributed by atoms with Gasteiger partial charge in [0.1, 0.15) is 11.6 Å². The van der Waals surface area contributed by atoms with E-state index < -0.39 is 11.6 Å². The summed E-state index contributed by atoms with van der Waals surface area (Å²) in [6.45, 7) is 1.47. The van der Waals surface area contributed by atoms with Gasteiger partial charge in [-0.25, -0.2) is 8.78 Å². The molecule has 0 spiro atoms. The quantitative estimate of drug-likeness (QED) is 0.791. The van der Waals surface area contributed by atoms with Crippen LogP contribution in [0.5, 0.6) is 0 Å². The molecule has 0 aliphatic heterocycles. The number of nitrogens with one attached hydrogen (secondary N) is 2. The first-order chi connectivity index (χ1) is 9.13. The highest BCUT2D eigenvalue weighted by Gasteiger charge is 2.45. The van der Waals surface area contributed by atoms with E-state index in [4.69, 9.17) is 0 Å². The van der Waals surface area contributed by atoms with Crippen molar-refractivity contribution in [1.29, 1.82) is 0 Å². The fraction of sp³-hybridized carbons (Fsp3) is 0.500. The van der Waals surface area contributed by atoms with Crippen LogP contribution >= 0.6 is 12.4 Å². The van der Waals surface area contributed by atoms with Gasteiger partial charge in [0.25, 0.3) is 0 Å². The highest BCUT2D eigenvalue weighted by atomic mass is 35.5. The van der Waals surface area contributed by atoms with Crippen molar-refractivity contribution in [2.75, 3.05) is 20.1 Å². The first-order valence-corrected chi connectivity index (χ1v) is 6.50. The molecule has 2 rings (SSSR count). The predicted octanol–water partition coefficient (Wildman–Crippen LogP) is 2.22. The van der Waals surface area contributed by atoms with Crippen molar-refractivity contribution < 1.29 is 13.6 Å². The van der Waals surface area contributed by atoms with E-state index in [9.17, 15) is 13.6 Å². The molecule has 0 saturated heterocycles. The molecule has 1 aromatic rings. The highest BCUT2D eigenvalue weighted by molar-refractivity contribution is 5.85. The van der Waals surface area contributed by atoms with E-state index in [1.54, 1.807) is 0 Å². The summed E-state index contributed by atoms with van der Waals surface area (Å²) in [5.74, 6) is -1.46. The van der Waals surface area contributed by atoms with Crippen LogP contribution in [0.2, 0.25) is 0 Å². The monoisotopic (exact) mass is 304 g/mol. The molecule has 1 aromatic carbocycles. The van der Waals surface area contributed by atoms with E-state index >= 15 is 0 Å². The molecule has 0 aromatic heterocycles. The third kappa shape index (κ3) is 4.15. The second-order valence-electron chi connectivity index (χ2n) is 4.86. The Bertz CT molecular complexity index is 470. The van der Waals surface area contributed by atoms with Gasteiger partial charge >= 0.3 is 0 Å². The van der Waals surface area contributed by atoms with Crippen LogP contribution in [-0.4, -0.2) is 26.0 Å². The zero-order valence-corrected chi connectivity index (χ0v) is 12.1. The van der Waals surface area contributed by atoms with Crippen molar-refractivity contribution in [2.24, 2.45) is 5.92 Å². The van der Waals surface area contributed by atoms with E-state index in [1.807, 2.05) is 7.05 Å². The Kier molecular flexibility index (Phi) is 6.36. The summed E-state index contributed by atoms with van der Waals surface area (Å²) >= 11 is 0. The molecule has 20 heavy (non-hydrogen) atoms. The maximum absolute atomic E-state index is 13.6. The topological polar surface area (TPSA) is 41.1 Å². The summed E-state index contributed by atoms with van der Waals surface area (Å²) in [6.07, 6.45) is 1.50. The van der Waals surface area contributed by atoms with Crippen molar-refractivity contribution in [3.63, 3.8) is 0 Å². The Morgan fingerprint density at radius 2 is 2.10 bits per heavy atom. The molecule has 6 heteroatoms. The van der Waals surface area contributed by atoms with Gasteiger partial charge in [0.2, 0.25) is 5.91 Å². The van der Waals surface area contributed by atoms with Crippen molar-refractivity contribution in [3.05, 3.63) is 35.4 Å². The van der Waals surface area contributed by atoms with E-state index in [2.05, 4.69) is 10.6 Å². The van der Waals surface area contributed by atoms with Crippen LogP contribution in [0.1, 0.15) is 24.3 Å². The number of benzene rings is 1. The number of hydrogen-bond donors (Lipinski definition) is 2. The van der Waals surface area contributed by atoms with Gasteiger partial charge in [-0.3, -0.25) is 4.79 Å². The van der Waals surface area contributed by atoms with Crippen LogP contribution in [0.15, 0.2) is 18.2 Å². The number of carbonyl (C=O) groups is 1. The maximum Gasteiger partial charge on any atom is 0.223 e. The number of carbonyl (C=O) groups excluding carboxylic acids is 1. The second kappa shape index (κ2) is 7.55. The van der Waals surface area contributed by atoms with Crippen LogP contribution in [0, 0.1) is 17.6 Å². The van der Waals surface area contributed by atoms with Gasteiger partial charge in [-0.1, -0.05) is 6.07 Å². The molecule has 0 radical (unpaired) electrons. The molecule has 1 fully saturated rings. The third-order valence-electron chi connectivity index (χ3n) is 3.39. The van der Waals surface area contributed by atoms with Gasteiger partial charge in [-0.05, 0) is 44.0 Å². The van der Waals surface area contributed by atoms with Crippen LogP contribution < -0.4 is 10.6 Å². The lowest BCUT2D eigenvalue weighted by Gasteiger charge is -2.05. The average Bonchev–Trinajstić information content (AvgIpc) is 3.14. The maximum atomic E-state index is 13.6. The molecule has 1 aliphatic carbocycles. The van der Waals surface area contributed by atoms with Crippen LogP contribution in [-0.2, 0) is 4.79 Å².